The highest BCUT2D eigenvalue weighted by Gasteiger charge is 2.17. The Morgan fingerprint density at radius 1 is 0.367 bits per heavy atom. The van der Waals surface area contributed by atoms with Crippen LogP contribution in [0.3, 0.4) is 0 Å². The van der Waals surface area contributed by atoms with E-state index in [2.05, 4.69) is 57.2 Å². The van der Waals surface area contributed by atoms with Crippen molar-refractivity contribution in [2.24, 2.45) is 0 Å². The summed E-state index contributed by atoms with van der Waals surface area (Å²) in [4.78, 5) is 25.4. The molecule has 0 spiro atoms. The van der Waals surface area contributed by atoms with Crippen molar-refractivity contribution in [1.82, 2.24) is 0 Å². The summed E-state index contributed by atoms with van der Waals surface area (Å²) < 4.78 is 17.4. The van der Waals surface area contributed by atoms with Gasteiger partial charge < -0.3 is 14.2 Å². The highest BCUT2D eigenvalue weighted by molar-refractivity contribution is 5.70. The Morgan fingerprint density at radius 2 is 0.700 bits per heavy atom. The van der Waals surface area contributed by atoms with E-state index in [0.29, 0.717) is 19.4 Å². The maximum Gasteiger partial charge on any atom is 0.306 e. The van der Waals surface area contributed by atoms with E-state index in [0.717, 1.165) is 51.4 Å². The summed E-state index contributed by atoms with van der Waals surface area (Å²) in [5, 5.41) is 0. The lowest BCUT2D eigenvalue weighted by atomic mass is 10.1. The zero-order valence-corrected chi connectivity index (χ0v) is 40.5. The van der Waals surface area contributed by atoms with Crippen LogP contribution in [0.4, 0.5) is 0 Å². The van der Waals surface area contributed by atoms with Gasteiger partial charge in [0.1, 0.15) is 6.61 Å². The fourth-order valence-electron chi connectivity index (χ4n) is 7.65. The van der Waals surface area contributed by atoms with Gasteiger partial charge >= 0.3 is 11.9 Å². The van der Waals surface area contributed by atoms with E-state index in [4.69, 9.17) is 14.2 Å². The van der Waals surface area contributed by atoms with Gasteiger partial charge in [-0.2, -0.15) is 0 Å². The Morgan fingerprint density at radius 3 is 1.15 bits per heavy atom. The molecule has 5 heteroatoms. The van der Waals surface area contributed by atoms with E-state index in [9.17, 15) is 9.59 Å². The number of allylic oxidation sites excluding steroid dienone is 6. The summed E-state index contributed by atoms with van der Waals surface area (Å²) in [6.07, 6.45) is 61.5. The first-order chi connectivity index (χ1) is 29.6. The molecule has 0 aromatic heterocycles. The molecule has 0 heterocycles. The van der Waals surface area contributed by atoms with E-state index >= 15 is 0 Å². The summed E-state index contributed by atoms with van der Waals surface area (Å²) in [6, 6.07) is 0. The van der Waals surface area contributed by atoms with Crippen LogP contribution in [0.1, 0.15) is 278 Å². The summed E-state index contributed by atoms with van der Waals surface area (Å²) in [6.45, 7) is 7.81. The quantitative estimate of drug-likeness (QED) is 0.0347. The number of unbranched alkanes of at least 4 members (excludes halogenated alkanes) is 32. The maximum atomic E-state index is 12.8. The molecule has 352 valence electrons. The Labute approximate surface area is 374 Å². The van der Waals surface area contributed by atoms with Crippen molar-refractivity contribution in [2.75, 3.05) is 19.8 Å². The van der Waals surface area contributed by atoms with E-state index in [-0.39, 0.29) is 25.2 Å². The standard InChI is InChI=1S/C55H102O5/c1-4-7-10-13-16-19-21-23-25-27-28-30-31-33-35-37-39-42-45-48-54(56)59-52-53(51-58-50-47-44-41-18-15-12-9-6-3)60-55(57)49-46-43-40-38-36-34-32-29-26-24-22-20-17-14-11-8-5-2/h17,20,23-26,53H,4-16,18-19,21-22,27-52H2,1-3H3/b20-17-,25-23-,26-24-. The van der Waals surface area contributed by atoms with E-state index in [1.54, 1.807) is 0 Å². The average molecular weight is 843 g/mol. The van der Waals surface area contributed by atoms with Crippen molar-refractivity contribution >= 4 is 11.9 Å². The summed E-state index contributed by atoms with van der Waals surface area (Å²) in [5.41, 5.74) is 0. The zero-order valence-electron chi connectivity index (χ0n) is 40.5. The van der Waals surface area contributed by atoms with Gasteiger partial charge in [-0.05, 0) is 77.0 Å². The molecule has 0 saturated heterocycles. The van der Waals surface area contributed by atoms with Gasteiger partial charge in [-0.15, -0.1) is 0 Å². The Bertz CT molecular complexity index is 955. The number of rotatable bonds is 49. The van der Waals surface area contributed by atoms with Gasteiger partial charge in [0.05, 0.1) is 6.61 Å². The lowest BCUT2D eigenvalue weighted by Gasteiger charge is -2.18. The number of esters is 2. The second-order valence-electron chi connectivity index (χ2n) is 17.8. The molecule has 1 atom stereocenters. The van der Waals surface area contributed by atoms with Crippen LogP contribution in [0, 0.1) is 0 Å². The van der Waals surface area contributed by atoms with Crippen molar-refractivity contribution in [3.8, 4) is 0 Å². The number of hydrogen-bond donors (Lipinski definition) is 0. The average Bonchev–Trinajstić information content (AvgIpc) is 3.25. The molecular formula is C55H102O5. The lowest BCUT2D eigenvalue weighted by molar-refractivity contribution is -0.163. The van der Waals surface area contributed by atoms with E-state index in [1.807, 2.05) is 0 Å². The van der Waals surface area contributed by atoms with E-state index in [1.165, 1.54) is 193 Å². The summed E-state index contributed by atoms with van der Waals surface area (Å²) in [5.74, 6) is -0.397. The molecule has 0 aromatic rings. The molecule has 0 aliphatic heterocycles. The molecule has 0 aliphatic carbocycles. The van der Waals surface area contributed by atoms with Crippen molar-refractivity contribution < 1.29 is 23.8 Å². The third-order valence-corrected chi connectivity index (χ3v) is 11.6. The van der Waals surface area contributed by atoms with Crippen molar-refractivity contribution in [3.05, 3.63) is 36.5 Å². The van der Waals surface area contributed by atoms with Gasteiger partial charge in [0.25, 0.3) is 0 Å². The minimum atomic E-state index is -0.535. The monoisotopic (exact) mass is 843 g/mol. The molecule has 0 bridgehead atoms. The normalized spacial score (nSPS) is 12.4. The van der Waals surface area contributed by atoms with Crippen LogP contribution < -0.4 is 0 Å². The van der Waals surface area contributed by atoms with Crippen molar-refractivity contribution in [2.45, 2.75) is 284 Å². The molecule has 0 amide bonds. The molecule has 0 aliphatic rings. The first-order valence-corrected chi connectivity index (χ1v) is 26.5. The van der Waals surface area contributed by atoms with Crippen molar-refractivity contribution in [1.29, 1.82) is 0 Å². The van der Waals surface area contributed by atoms with Gasteiger partial charge in [0.15, 0.2) is 6.10 Å². The van der Waals surface area contributed by atoms with Crippen LogP contribution >= 0.6 is 0 Å². The number of ether oxygens (including phenoxy) is 3. The van der Waals surface area contributed by atoms with Crippen LogP contribution in [-0.4, -0.2) is 37.9 Å². The maximum absolute atomic E-state index is 12.8. The molecule has 0 N–H and O–H groups in total. The fraction of sp³-hybridized carbons (Fsp3) is 0.855. The molecule has 0 rings (SSSR count). The highest BCUT2D eigenvalue weighted by atomic mass is 16.6. The molecule has 0 aromatic carbocycles. The van der Waals surface area contributed by atoms with Crippen LogP contribution in [0.5, 0.6) is 0 Å². The van der Waals surface area contributed by atoms with Crippen LogP contribution in [0.25, 0.3) is 0 Å². The van der Waals surface area contributed by atoms with Gasteiger partial charge in [0.2, 0.25) is 0 Å². The number of hydrogen-bond acceptors (Lipinski definition) is 5. The smallest absolute Gasteiger partial charge is 0.306 e. The van der Waals surface area contributed by atoms with Crippen LogP contribution in [0.2, 0.25) is 0 Å². The first-order valence-electron chi connectivity index (χ1n) is 26.5. The fourth-order valence-corrected chi connectivity index (χ4v) is 7.65. The third kappa shape index (κ3) is 48.8. The Hall–Kier alpha value is -1.88. The molecule has 0 fully saturated rings. The second-order valence-corrected chi connectivity index (χ2v) is 17.8. The second kappa shape index (κ2) is 51.5. The molecule has 0 radical (unpaired) electrons. The Kier molecular flexibility index (Phi) is 49.9. The predicted molar refractivity (Wildman–Crippen MR) is 261 cm³/mol. The molecule has 60 heavy (non-hydrogen) atoms. The minimum absolute atomic E-state index is 0.0852. The number of carbonyl (C=O) groups is 2. The Balaban J connectivity index is 4.13. The molecule has 5 nitrogen and oxygen atoms in total. The van der Waals surface area contributed by atoms with Crippen LogP contribution in [0.15, 0.2) is 36.5 Å². The highest BCUT2D eigenvalue weighted by Crippen LogP contribution is 2.15. The van der Waals surface area contributed by atoms with Gasteiger partial charge in [-0.25, -0.2) is 0 Å². The largest absolute Gasteiger partial charge is 0.462 e. The van der Waals surface area contributed by atoms with Gasteiger partial charge in [-0.1, -0.05) is 224 Å². The minimum Gasteiger partial charge on any atom is -0.462 e. The summed E-state index contributed by atoms with van der Waals surface area (Å²) >= 11 is 0. The first kappa shape index (κ1) is 58.1. The lowest BCUT2D eigenvalue weighted by Crippen LogP contribution is -2.30. The molecule has 1 unspecified atom stereocenters. The molecule has 0 saturated carbocycles. The van der Waals surface area contributed by atoms with Gasteiger partial charge in [0, 0.05) is 19.4 Å². The molecular weight excluding hydrogens is 741 g/mol. The topological polar surface area (TPSA) is 61.8 Å². The summed E-state index contributed by atoms with van der Waals surface area (Å²) in [7, 11) is 0. The van der Waals surface area contributed by atoms with Crippen molar-refractivity contribution in [3.63, 3.8) is 0 Å². The number of carbonyl (C=O) groups excluding carboxylic acids is 2. The van der Waals surface area contributed by atoms with E-state index < -0.39 is 6.10 Å². The third-order valence-electron chi connectivity index (χ3n) is 11.6. The predicted octanol–water partition coefficient (Wildman–Crippen LogP) is 17.8. The van der Waals surface area contributed by atoms with Gasteiger partial charge in [-0.3, -0.25) is 9.59 Å². The SMILES string of the molecule is CCCCC/C=C\C/C=C\CCCCCCCCCC(=O)OC(COCCCCCCCCCC)COC(=O)CCCCCCCCCCC/C=C\CCCCCCCC. The zero-order chi connectivity index (χ0) is 43.5. The van der Waals surface area contributed by atoms with Crippen LogP contribution in [-0.2, 0) is 23.8 Å².